The number of hydrogen-bond acceptors (Lipinski definition) is 2. The van der Waals surface area contributed by atoms with Gasteiger partial charge in [-0.3, -0.25) is 9.69 Å². The number of nitrogens with zero attached hydrogens (tertiary/aromatic N) is 1. The van der Waals surface area contributed by atoms with Crippen LogP contribution < -0.4 is 5.32 Å². The predicted molar refractivity (Wildman–Crippen MR) is 92.6 cm³/mol. The topological polar surface area (TPSA) is 32.3 Å². The van der Waals surface area contributed by atoms with Crippen molar-refractivity contribution in [2.24, 2.45) is 0 Å². The standard InChI is InChI=1S/C17H18Cl2N2O/c1-12(15-9-8-13(18)10-16(15)19)21(2)11-17(22)20-14-6-4-3-5-7-14/h3-10,12H,11H2,1-2H3,(H,20,22). The Bertz CT molecular complexity index is 646. The molecule has 0 fully saturated rings. The molecule has 1 N–H and O–H groups in total. The van der Waals surface area contributed by atoms with Gasteiger partial charge in [-0.2, -0.15) is 0 Å². The second-order valence-electron chi connectivity index (χ2n) is 5.17. The third kappa shape index (κ3) is 4.47. The maximum Gasteiger partial charge on any atom is 0.238 e. The molecule has 0 saturated heterocycles. The zero-order chi connectivity index (χ0) is 16.1. The lowest BCUT2D eigenvalue weighted by atomic mass is 10.1. The second-order valence-corrected chi connectivity index (χ2v) is 6.01. The zero-order valence-corrected chi connectivity index (χ0v) is 14.0. The van der Waals surface area contributed by atoms with Gasteiger partial charge in [-0.15, -0.1) is 0 Å². The summed E-state index contributed by atoms with van der Waals surface area (Å²) in [4.78, 5) is 14.0. The van der Waals surface area contributed by atoms with E-state index in [0.29, 0.717) is 10.0 Å². The molecule has 0 spiro atoms. The Morgan fingerprint density at radius 2 is 1.86 bits per heavy atom. The van der Waals surface area contributed by atoms with Gasteiger partial charge in [0.1, 0.15) is 0 Å². The molecular weight excluding hydrogens is 319 g/mol. The van der Waals surface area contributed by atoms with E-state index >= 15 is 0 Å². The summed E-state index contributed by atoms with van der Waals surface area (Å²) < 4.78 is 0. The first-order valence-electron chi connectivity index (χ1n) is 6.97. The minimum atomic E-state index is -0.0642. The lowest BCUT2D eigenvalue weighted by Crippen LogP contribution is -2.32. The van der Waals surface area contributed by atoms with Crippen LogP contribution in [0.15, 0.2) is 48.5 Å². The molecule has 1 amide bonds. The predicted octanol–water partition coefficient (Wildman–Crippen LogP) is 4.62. The number of anilines is 1. The smallest absolute Gasteiger partial charge is 0.238 e. The Balaban J connectivity index is 1.99. The van der Waals surface area contributed by atoms with Crippen molar-refractivity contribution in [2.45, 2.75) is 13.0 Å². The molecule has 0 bridgehead atoms. The Labute approximate surface area is 140 Å². The summed E-state index contributed by atoms with van der Waals surface area (Å²) in [6.07, 6.45) is 0. The van der Waals surface area contributed by atoms with Crippen LogP contribution >= 0.6 is 23.2 Å². The minimum Gasteiger partial charge on any atom is -0.325 e. The fourth-order valence-corrected chi connectivity index (χ4v) is 2.73. The summed E-state index contributed by atoms with van der Waals surface area (Å²) in [5.74, 6) is -0.0642. The van der Waals surface area contributed by atoms with Crippen LogP contribution in [0.4, 0.5) is 5.69 Å². The Morgan fingerprint density at radius 3 is 2.50 bits per heavy atom. The van der Waals surface area contributed by atoms with Gasteiger partial charge in [0.05, 0.1) is 6.54 Å². The third-order valence-electron chi connectivity index (χ3n) is 3.52. The fourth-order valence-electron chi connectivity index (χ4n) is 2.16. The molecule has 5 heteroatoms. The molecule has 0 aromatic heterocycles. The van der Waals surface area contributed by atoms with Crippen molar-refractivity contribution in [1.29, 1.82) is 0 Å². The molecule has 0 aliphatic heterocycles. The van der Waals surface area contributed by atoms with E-state index in [4.69, 9.17) is 23.2 Å². The number of carbonyl (C=O) groups excluding carboxylic acids is 1. The van der Waals surface area contributed by atoms with E-state index in [1.54, 1.807) is 12.1 Å². The second kappa shape index (κ2) is 7.63. The summed E-state index contributed by atoms with van der Waals surface area (Å²) in [5, 5.41) is 4.08. The first-order chi connectivity index (χ1) is 10.5. The van der Waals surface area contributed by atoms with Gasteiger partial charge in [0, 0.05) is 21.8 Å². The number of rotatable bonds is 5. The van der Waals surface area contributed by atoms with Crippen LogP contribution in [0.1, 0.15) is 18.5 Å². The molecule has 3 nitrogen and oxygen atoms in total. The van der Waals surface area contributed by atoms with Gasteiger partial charge < -0.3 is 5.32 Å². The van der Waals surface area contributed by atoms with Crippen LogP contribution in [0.2, 0.25) is 10.0 Å². The molecule has 0 heterocycles. The molecule has 2 aromatic carbocycles. The van der Waals surface area contributed by atoms with Crippen LogP contribution in [-0.2, 0) is 4.79 Å². The quantitative estimate of drug-likeness (QED) is 0.863. The number of benzene rings is 2. The van der Waals surface area contributed by atoms with Crippen molar-refractivity contribution >= 4 is 34.8 Å². The molecule has 0 radical (unpaired) electrons. The van der Waals surface area contributed by atoms with Crippen LogP contribution in [0.25, 0.3) is 0 Å². The van der Waals surface area contributed by atoms with E-state index in [9.17, 15) is 4.79 Å². The van der Waals surface area contributed by atoms with Crippen LogP contribution in [0.3, 0.4) is 0 Å². The number of nitrogens with one attached hydrogen (secondary N) is 1. The third-order valence-corrected chi connectivity index (χ3v) is 4.09. The van der Waals surface area contributed by atoms with Gasteiger partial charge in [0.15, 0.2) is 0 Å². The molecule has 1 atom stereocenters. The van der Waals surface area contributed by atoms with E-state index in [0.717, 1.165) is 11.3 Å². The van der Waals surface area contributed by atoms with Gasteiger partial charge in [-0.05, 0) is 43.8 Å². The van der Waals surface area contributed by atoms with Crippen LogP contribution in [0, 0.1) is 0 Å². The summed E-state index contributed by atoms with van der Waals surface area (Å²) in [6, 6.07) is 14.8. The average molecular weight is 337 g/mol. The highest BCUT2D eigenvalue weighted by molar-refractivity contribution is 6.35. The number of carbonyl (C=O) groups is 1. The van der Waals surface area contributed by atoms with Crippen LogP contribution in [0.5, 0.6) is 0 Å². The molecular formula is C17H18Cl2N2O. The van der Waals surface area contributed by atoms with Crippen molar-refractivity contribution in [1.82, 2.24) is 4.90 Å². The van der Waals surface area contributed by atoms with E-state index in [1.807, 2.05) is 55.3 Å². The summed E-state index contributed by atoms with van der Waals surface area (Å²) in [6.45, 7) is 2.28. The largest absolute Gasteiger partial charge is 0.325 e. The highest BCUT2D eigenvalue weighted by atomic mass is 35.5. The number of halogens is 2. The van der Waals surface area contributed by atoms with Gasteiger partial charge >= 0.3 is 0 Å². The molecule has 0 aliphatic rings. The summed E-state index contributed by atoms with van der Waals surface area (Å²) in [7, 11) is 1.89. The molecule has 0 aliphatic carbocycles. The molecule has 2 aromatic rings. The number of hydrogen-bond donors (Lipinski definition) is 1. The monoisotopic (exact) mass is 336 g/mol. The average Bonchev–Trinajstić information content (AvgIpc) is 2.47. The van der Waals surface area contributed by atoms with Gasteiger partial charge in [-0.1, -0.05) is 47.5 Å². The van der Waals surface area contributed by atoms with Crippen molar-refractivity contribution in [2.75, 3.05) is 18.9 Å². The number of para-hydroxylation sites is 1. The normalized spacial score (nSPS) is 12.2. The molecule has 22 heavy (non-hydrogen) atoms. The lowest BCUT2D eigenvalue weighted by Gasteiger charge is -2.25. The first-order valence-corrected chi connectivity index (χ1v) is 7.73. The Hall–Kier alpha value is -1.55. The van der Waals surface area contributed by atoms with E-state index in [1.165, 1.54) is 0 Å². The van der Waals surface area contributed by atoms with Gasteiger partial charge in [-0.25, -0.2) is 0 Å². The van der Waals surface area contributed by atoms with Gasteiger partial charge in [0.25, 0.3) is 0 Å². The number of amides is 1. The van der Waals surface area contributed by atoms with Crippen LogP contribution in [-0.4, -0.2) is 24.4 Å². The first kappa shape index (κ1) is 16.8. The van der Waals surface area contributed by atoms with Gasteiger partial charge in [0.2, 0.25) is 5.91 Å². The van der Waals surface area contributed by atoms with E-state index in [2.05, 4.69) is 5.32 Å². The summed E-state index contributed by atoms with van der Waals surface area (Å²) >= 11 is 12.1. The maximum absolute atomic E-state index is 12.1. The van der Waals surface area contributed by atoms with E-state index < -0.39 is 0 Å². The molecule has 116 valence electrons. The highest BCUT2D eigenvalue weighted by Gasteiger charge is 2.17. The molecule has 2 rings (SSSR count). The van der Waals surface area contributed by atoms with E-state index in [-0.39, 0.29) is 18.5 Å². The zero-order valence-electron chi connectivity index (χ0n) is 12.5. The van der Waals surface area contributed by atoms with Crippen molar-refractivity contribution in [3.8, 4) is 0 Å². The number of likely N-dealkylation sites (N-methyl/N-ethyl adjacent to an activating group) is 1. The van der Waals surface area contributed by atoms with Crippen molar-refractivity contribution < 1.29 is 4.79 Å². The molecule has 0 saturated carbocycles. The minimum absolute atomic E-state index is 0.00582. The molecule has 1 unspecified atom stereocenters. The van der Waals surface area contributed by atoms with Crippen molar-refractivity contribution in [3.05, 3.63) is 64.1 Å². The van der Waals surface area contributed by atoms with Crippen molar-refractivity contribution in [3.63, 3.8) is 0 Å². The Kier molecular flexibility index (Phi) is 5.83. The SMILES string of the molecule is CC(c1ccc(Cl)cc1Cl)N(C)CC(=O)Nc1ccccc1. The maximum atomic E-state index is 12.1. The Morgan fingerprint density at radius 1 is 1.18 bits per heavy atom. The summed E-state index contributed by atoms with van der Waals surface area (Å²) in [5.41, 5.74) is 1.74. The fraction of sp³-hybridized carbons (Fsp3) is 0.235. The highest BCUT2D eigenvalue weighted by Crippen LogP contribution is 2.28. The lowest BCUT2D eigenvalue weighted by molar-refractivity contribution is -0.117.